The van der Waals surface area contributed by atoms with Gasteiger partial charge in [-0.25, -0.2) is 4.39 Å². The van der Waals surface area contributed by atoms with Crippen molar-refractivity contribution in [2.75, 3.05) is 7.05 Å². The van der Waals surface area contributed by atoms with Crippen LogP contribution in [0.15, 0.2) is 18.2 Å². The Balaban J connectivity index is 3.14. The highest BCUT2D eigenvalue weighted by atomic mass is 19.1. The van der Waals surface area contributed by atoms with Gasteiger partial charge in [0.1, 0.15) is 5.82 Å². The molecule has 1 nitrogen and oxygen atoms in total. The highest BCUT2D eigenvalue weighted by Gasteiger charge is 2.28. The van der Waals surface area contributed by atoms with Gasteiger partial charge in [-0.15, -0.1) is 0 Å². The van der Waals surface area contributed by atoms with Crippen LogP contribution in [0.4, 0.5) is 4.39 Å². The van der Waals surface area contributed by atoms with E-state index in [1.807, 2.05) is 20.0 Å². The highest BCUT2D eigenvalue weighted by Crippen LogP contribution is 2.37. The molecule has 0 spiro atoms. The number of rotatable bonds is 4. The van der Waals surface area contributed by atoms with Gasteiger partial charge in [-0.1, -0.05) is 26.8 Å². The second-order valence-electron chi connectivity index (χ2n) is 5.06. The summed E-state index contributed by atoms with van der Waals surface area (Å²) in [5, 5.41) is 3.35. The fraction of sp³-hybridized carbons (Fsp3) is 0.571. The van der Waals surface area contributed by atoms with Crippen molar-refractivity contribution in [2.24, 2.45) is 5.41 Å². The first-order chi connectivity index (χ1) is 7.42. The SMILES string of the molecule is CCC(C)(C)C(NC)c1ccc(F)cc1C. The molecule has 1 rings (SSSR count). The normalized spacial score (nSPS) is 13.9. The summed E-state index contributed by atoms with van der Waals surface area (Å²) >= 11 is 0. The Morgan fingerprint density at radius 3 is 2.44 bits per heavy atom. The summed E-state index contributed by atoms with van der Waals surface area (Å²) in [6, 6.07) is 5.30. The van der Waals surface area contributed by atoms with E-state index in [1.54, 1.807) is 12.1 Å². The van der Waals surface area contributed by atoms with Crippen LogP contribution in [0, 0.1) is 18.2 Å². The van der Waals surface area contributed by atoms with Gasteiger partial charge in [-0.2, -0.15) is 0 Å². The zero-order valence-electron chi connectivity index (χ0n) is 10.9. The Kier molecular flexibility index (Phi) is 4.09. The molecule has 1 aromatic carbocycles. The second kappa shape index (κ2) is 4.96. The topological polar surface area (TPSA) is 12.0 Å². The number of benzene rings is 1. The molecule has 0 radical (unpaired) electrons. The van der Waals surface area contributed by atoms with Crippen LogP contribution in [0.1, 0.15) is 44.4 Å². The lowest BCUT2D eigenvalue weighted by atomic mass is 9.77. The van der Waals surface area contributed by atoms with Crippen LogP contribution in [0.5, 0.6) is 0 Å². The summed E-state index contributed by atoms with van der Waals surface area (Å²) in [5.74, 6) is -0.162. The smallest absolute Gasteiger partial charge is 0.123 e. The third-order valence-electron chi connectivity index (χ3n) is 3.52. The number of hydrogen-bond acceptors (Lipinski definition) is 1. The van der Waals surface area contributed by atoms with Crippen molar-refractivity contribution in [3.8, 4) is 0 Å². The van der Waals surface area contributed by atoms with E-state index in [0.717, 1.165) is 12.0 Å². The quantitative estimate of drug-likeness (QED) is 0.818. The minimum atomic E-state index is -0.162. The van der Waals surface area contributed by atoms with Gasteiger partial charge in [-0.05, 0) is 49.1 Å². The molecule has 0 fully saturated rings. The first-order valence-electron chi connectivity index (χ1n) is 5.85. The summed E-state index contributed by atoms with van der Waals surface area (Å²) in [6.45, 7) is 8.62. The fourth-order valence-corrected chi connectivity index (χ4v) is 2.13. The molecule has 0 aliphatic carbocycles. The average molecular weight is 223 g/mol. The van der Waals surface area contributed by atoms with E-state index < -0.39 is 0 Å². The van der Waals surface area contributed by atoms with E-state index in [0.29, 0.717) is 0 Å². The summed E-state index contributed by atoms with van der Waals surface area (Å²) in [5.41, 5.74) is 2.37. The minimum absolute atomic E-state index is 0.162. The van der Waals surface area contributed by atoms with Gasteiger partial charge in [-0.3, -0.25) is 0 Å². The standard InChI is InChI=1S/C14H22FN/c1-6-14(3,4)13(16-5)12-8-7-11(15)9-10(12)2/h7-9,13,16H,6H2,1-5H3. The summed E-state index contributed by atoms with van der Waals surface area (Å²) in [4.78, 5) is 0. The van der Waals surface area contributed by atoms with Crippen molar-refractivity contribution >= 4 is 0 Å². The second-order valence-corrected chi connectivity index (χ2v) is 5.06. The molecular formula is C14H22FN. The molecule has 0 aliphatic heterocycles. The summed E-state index contributed by atoms with van der Waals surface area (Å²) < 4.78 is 13.1. The summed E-state index contributed by atoms with van der Waals surface area (Å²) in [7, 11) is 1.96. The van der Waals surface area contributed by atoms with E-state index in [1.165, 1.54) is 5.56 Å². The predicted octanol–water partition coefficient (Wildman–Crippen LogP) is 3.83. The van der Waals surface area contributed by atoms with E-state index in [9.17, 15) is 4.39 Å². The Morgan fingerprint density at radius 2 is 2.00 bits per heavy atom. The number of nitrogens with one attached hydrogen (secondary N) is 1. The molecule has 1 N–H and O–H groups in total. The Hall–Kier alpha value is -0.890. The maximum atomic E-state index is 13.1. The molecule has 0 saturated heterocycles. The average Bonchev–Trinajstić information content (AvgIpc) is 2.22. The van der Waals surface area contributed by atoms with Gasteiger partial charge < -0.3 is 5.32 Å². The number of aryl methyl sites for hydroxylation is 1. The highest BCUT2D eigenvalue weighted by molar-refractivity contribution is 5.30. The van der Waals surface area contributed by atoms with Crippen molar-refractivity contribution in [1.29, 1.82) is 0 Å². The monoisotopic (exact) mass is 223 g/mol. The van der Waals surface area contributed by atoms with E-state index in [2.05, 4.69) is 26.1 Å². The van der Waals surface area contributed by atoms with E-state index >= 15 is 0 Å². The van der Waals surface area contributed by atoms with Crippen LogP contribution in [0.2, 0.25) is 0 Å². The van der Waals surface area contributed by atoms with Crippen molar-refractivity contribution in [2.45, 2.75) is 40.2 Å². The maximum Gasteiger partial charge on any atom is 0.123 e. The first-order valence-corrected chi connectivity index (χ1v) is 5.85. The van der Waals surface area contributed by atoms with Crippen molar-refractivity contribution in [3.63, 3.8) is 0 Å². The van der Waals surface area contributed by atoms with Crippen molar-refractivity contribution < 1.29 is 4.39 Å². The molecule has 90 valence electrons. The molecule has 1 unspecified atom stereocenters. The van der Waals surface area contributed by atoms with Gasteiger partial charge in [0.2, 0.25) is 0 Å². The van der Waals surface area contributed by atoms with Gasteiger partial charge in [0.15, 0.2) is 0 Å². The minimum Gasteiger partial charge on any atom is -0.313 e. The predicted molar refractivity (Wildman–Crippen MR) is 67.0 cm³/mol. The lowest BCUT2D eigenvalue weighted by Crippen LogP contribution is -2.32. The molecule has 0 saturated carbocycles. The van der Waals surface area contributed by atoms with Crippen LogP contribution in [0.25, 0.3) is 0 Å². The zero-order chi connectivity index (χ0) is 12.3. The van der Waals surface area contributed by atoms with Crippen molar-refractivity contribution in [1.82, 2.24) is 5.32 Å². The van der Waals surface area contributed by atoms with Crippen LogP contribution < -0.4 is 5.32 Å². The third kappa shape index (κ3) is 2.62. The lowest BCUT2D eigenvalue weighted by Gasteiger charge is -2.34. The van der Waals surface area contributed by atoms with Gasteiger partial charge in [0.05, 0.1) is 0 Å². The van der Waals surface area contributed by atoms with Gasteiger partial charge in [0.25, 0.3) is 0 Å². The molecule has 0 aromatic heterocycles. The van der Waals surface area contributed by atoms with Gasteiger partial charge >= 0.3 is 0 Å². The van der Waals surface area contributed by atoms with Gasteiger partial charge in [0, 0.05) is 6.04 Å². The third-order valence-corrected chi connectivity index (χ3v) is 3.52. The molecule has 1 aromatic rings. The number of halogens is 1. The van der Waals surface area contributed by atoms with E-state index in [-0.39, 0.29) is 17.3 Å². The fourth-order valence-electron chi connectivity index (χ4n) is 2.13. The molecule has 0 heterocycles. The molecule has 0 amide bonds. The Labute approximate surface area is 98.1 Å². The van der Waals surface area contributed by atoms with Crippen molar-refractivity contribution in [3.05, 3.63) is 35.1 Å². The molecule has 1 atom stereocenters. The Morgan fingerprint density at radius 1 is 1.38 bits per heavy atom. The summed E-state index contributed by atoms with van der Waals surface area (Å²) in [6.07, 6.45) is 1.08. The largest absolute Gasteiger partial charge is 0.313 e. The van der Waals surface area contributed by atoms with Crippen LogP contribution >= 0.6 is 0 Å². The molecule has 0 bridgehead atoms. The molecule has 0 aliphatic rings. The number of hydrogen-bond donors (Lipinski definition) is 1. The molecular weight excluding hydrogens is 201 g/mol. The van der Waals surface area contributed by atoms with Crippen LogP contribution in [-0.2, 0) is 0 Å². The molecule has 16 heavy (non-hydrogen) atoms. The Bertz CT molecular complexity index is 358. The van der Waals surface area contributed by atoms with Crippen LogP contribution in [0.3, 0.4) is 0 Å². The van der Waals surface area contributed by atoms with Crippen LogP contribution in [-0.4, -0.2) is 7.05 Å². The zero-order valence-corrected chi connectivity index (χ0v) is 10.9. The maximum absolute atomic E-state index is 13.1. The lowest BCUT2D eigenvalue weighted by molar-refractivity contribution is 0.244. The first kappa shape index (κ1) is 13.2. The van der Waals surface area contributed by atoms with E-state index in [4.69, 9.17) is 0 Å². The molecule has 2 heteroatoms.